The molecule has 2 amide bonds. The third-order valence-electron chi connectivity index (χ3n) is 5.97. The quantitative estimate of drug-likeness (QED) is 0.509. The molecular formula is C24H26N4O3. The maximum Gasteiger partial charge on any atom is 0.241 e. The highest BCUT2D eigenvalue weighted by Crippen LogP contribution is 2.30. The number of amides is 2. The first kappa shape index (κ1) is 19.8. The van der Waals surface area contributed by atoms with E-state index in [0.29, 0.717) is 0 Å². The minimum atomic E-state index is -0.112. The fourth-order valence-corrected chi connectivity index (χ4v) is 4.26. The number of nitrogens with one attached hydrogen (secondary N) is 4. The minimum Gasteiger partial charge on any atom is -0.456 e. The van der Waals surface area contributed by atoms with Crippen molar-refractivity contribution < 1.29 is 14.0 Å². The van der Waals surface area contributed by atoms with E-state index in [2.05, 4.69) is 21.3 Å². The van der Waals surface area contributed by atoms with Crippen LogP contribution < -0.4 is 21.3 Å². The first-order valence-electron chi connectivity index (χ1n) is 10.9. The van der Waals surface area contributed by atoms with Crippen molar-refractivity contribution in [3.63, 3.8) is 0 Å². The highest BCUT2D eigenvalue weighted by molar-refractivity contribution is 5.97. The number of anilines is 2. The van der Waals surface area contributed by atoms with E-state index in [-0.39, 0.29) is 23.9 Å². The molecule has 0 saturated carbocycles. The van der Waals surface area contributed by atoms with Gasteiger partial charge in [0.05, 0.1) is 12.1 Å². The molecule has 3 heterocycles. The second-order valence-electron chi connectivity index (χ2n) is 8.22. The normalized spacial score (nSPS) is 20.8. The number of rotatable bonds is 5. The highest BCUT2D eigenvalue weighted by atomic mass is 16.3. The third-order valence-corrected chi connectivity index (χ3v) is 5.97. The van der Waals surface area contributed by atoms with Crippen LogP contribution in [-0.2, 0) is 9.59 Å². The summed E-state index contributed by atoms with van der Waals surface area (Å²) in [5.41, 5.74) is 3.21. The zero-order chi connectivity index (χ0) is 21.2. The van der Waals surface area contributed by atoms with E-state index in [1.165, 1.54) is 0 Å². The largest absolute Gasteiger partial charge is 0.456 e. The van der Waals surface area contributed by atoms with Gasteiger partial charge >= 0.3 is 0 Å². The maximum atomic E-state index is 12.3. The van der Waals surface area contributed by atoms with Crippen LogP contribution in [0.5, 0.6) is 0 Å². The van der Waals surface area contributed by atoms with Gasteiger partial charge in [0.2, 0.25) is 11.8 Å². The van der Waals surface area contributed by atoms with Gasteiger partial charge in [-0.1, -0.05) is 0 Å². The monoisotopic (exact) mass is 418 g/mol. The first-order chi connectivity index (χ1) is 15.2. The summed E-state index contributed by atoms with van der Waals surface area (Å²) in [6.45, 7) is 1.79. The highest BCUT2D eigenvalue weighted by Gasteiger charge is 2.23. The molecule has 4 N–H and O–H groups in total. The van der Waals surface area contributed by atoms with Crippen molar-refractivity contribution in [1.82, 2.24) is 10.6 Å². The van der Waals surface area contributed by atoms with Crippen molar-refractivity contribution in [1.29, 1.82) is 0 Å². The van der Waals surface area contributed by atoms with Crippen LogP contribution in [0.3, 0.4) is 0 Å². The number of hydrogen-bond acceptors (Lipinski definition) is 5. The van der Waals surface area contributed by atoms with Gasteiger partial charge in [0.1, 0.15) is 11.3 Å². The molecule has 0 aliphatic carbocycles. The van der Waals surface area contributed by atoms with E-state index in [1.54, 1.807) is 0 Å². The van der Waals surface area contributed by atoms with Crippen LogP contribution in [0.25, 0.3) is 22.3 Å². The van der Waals surface area contributed by atoms with Crippen molar-refractivity contribution in [3.05, 3.63) is 48.5 Å². The summed E-state index contributed by atoms with van der Waals surface area (Å²) in [7, 11) is 0. The van der Waals surface area contributed by atoms with Gasteiger partial charge in [-0.2, -0.15) is 0 Å². The predicted octanol–water partition coefficient (Wildman–Crippen LogP) is 3.48. The van der Waals surface area contributed by atoms with Crippen molar-refractivity contribution in [3.8, 4) is 11.3 Å². The van der Waals surface area contributed by atoms with Gasteiger partial charge in [0.15, 0.2) is 0 Å². The molecule has 2 aromatic carbocycles. The molecule has 0 radical (unpaired) electrons. The molecule has 0 unspecified atom stereocenters. The Morgan fingerprint density at radius 3 is 2.03 bits per heavy atom. The lowest BCUT2D eigenvalue weighted by Gasteiger charge is -2.11. The molecule has 31 heavy (non-hydrogen) atoms. The molecule has 7 nitrogen and oxygen atoms in total. The van der Waals surface area contributed by atoms with Crippen LogP contribution in [0.2, 0.25) is 0 Å². The summed E-state index contributed by atoms with van der Waals surface area (Å²) in [4.78, 5) is 24.6. The topological polar surface area (TPSA) is 95.4 Å². The fourth-order valence-electron chi connectivity index (χ4n) is 4.26. The van der Waals surface area contributed by atoms with Gasteiger partial charge in [-0.25, -0.2) is 0 Å². The Labute approximate surface area is 180 Å². The summed E-state index contributed by atoms with van der Waals surface area (Å²) in [6.07, 6.45) is 3.81. The zero-order valence-corrected chi connectivity index (χ0v) is 17.2. The number of fused-ring (bicyclic) bond motifs is 1. The fraction of sp³-hybridized carbons (Fsp3) is 0.333. The minimum absolute atomic E-state index is 0.00556. The van der Waals surface area contributed by atoms with Crippen molar-refractivity contribution >= 4 is 34.2 Å². The van der Waals surface area contributed by atoms with E-state index in [0.717, 1.165) is 72.4 Å². The van der Waals surface area contributed by atoms with Gasteiger partial charge < -0.3 is 25.7 Å². The van der Waals surface area contributed by atoms with E-state index in [9.17, 15) is 9.59 Å². The maximum absolute atomic E-state index is 12.3. The lowest BCUT2D eigenvalue weighted by atomic mass is 10.1. The van der Waals surface area contributed by atoms with Crippen LogP contribution in [0.15, 0.2) is 52.9 Å². The zero-order valence-electron chi connectivity index (χ0n) is 17.2. The molecular weight excluding hydrogens is 392 g/mol. The SMILES string of the molecule is O=C(Nc1ccc(-c2cc3cc(NC(=O)[C@@H]4CCCN4)ccc3o2)cc1)[C@@H]1CCCN1. The molecule has 7 heteroatoms. The predicted molar refractivity (Wildman–Crippen MR) is 121 cm³/mol. The van der Waals surface area contributed by atoms with Gasteiger partial charge in [-0.05, 0) is 87.3 Å². The van der Waals surface area contributed by atoms with E-state index in [1.807, 2.05) is 48.5 Å². The Kier molecular flexibility index (Phi) is 5.44. The second-order valence-corrected chi connectivity index (χ2v) is 8.22. The summed E-state index contributed by atoms with van der Waals surface area (Å²) in [5.74, 6) is 0.758. The van der Waals surface area contributed by atoms with Crippen LogP contribution in [-0.4, -0.2) is 37.0 Å². The standard InChI is InChI=1S/C24H26N4O3/c29-23(19-3-1-11-25-19)27-17-7-5-15(6-8-17)22-14-16-13-18(9-10-21(16)31-22)28-24(30)20-4-2-12-26-20/h5-10,13-14,19-20,25-26H,1-4,11-12H2,(H,27,29)(H,28,30)/t19-,20-/m0/s1. The van der Waals surface area contributed by atoms with Crippen molar-refractivity contribution in [2.75, 3.05) is 23.7 Å². The smallest absolute Gasteiger partial charge is 0.241 e. The molecule has 2 saturated heterocycles. The third kappa shape index (κ3) is 4.33. The number of benzene rings is 2. The molecule has 160 valence electrons. The molecule has 2 aliphatic rings. The van der Waals surface area contributed by atoms with Gasteiger partial charge in [-0.15, -0.1) is 0 Å². The van der Waals surface area contributed by atoms with Gasteiger partial charge in [0, 0.05) is 22.3 Å². The average molecular weight is 418 g/mol. The Morgan fingerprint density at radius 1 is 0.806 bits per heavy atom. The Balaban J connectivity index is 1.28. The number of hydrogen-bond donors (Lipinski definition) is 4. The summed E-state index contributed by atoms with van der Waals surface area (Å²) in [5, 5.41) is 13.3. The van der Waals surface area contributed by atoms with E-state index >= 15 is 0 Å². The first-order valence-corrected chi connectivity index (χ1v) is 10.9. The van der Waals surface area contributed by atoms with Crippen LogP contribution >= 0.6 is 0 Å². The number of carbonyl (C=O) groups excluding carboxylic acids is 2. The molecule has 1 aromatic heterocycles. The lowest BCUT2D eigenvalue weighted by molar-refractivity contribution is -0.118. The van der Waals surface area contributed by atoms with E-state index < -0.39 is 0 Å². The number of furan rings is 1. The summed E-state index contributed by atoms with van der Waals surface area (Å²) >= 11 is 0. The Bertz CT molecular complexity index is 1090. The molecule has 3 aromatic rings. The van der Waals surface area contributed by atoms with Crippen LogP contribution in [0.4, 0.5) is 11.4 Å². The average Bonchev–Trinajstić information content (AvgIpc) is 3.55. The summed E-state index contributed by atoms with van der Waals surface area (Å²) in [6, 6.07) is 15.1. The molecule has 2 fully saturated rings. The van der Waals surface area contributed by atoms with Gasteiger partial charge in [-0.3, -0.25) is 9.59 Å². The van der Waals surface area contributed by atoms with Crippen LogP contribution in [0, 0.1) is 0 Å². The lowest BCUT2D eigenvalue weighted by Crippen LogP contribution is -2.35. The van der Waals surface area contributed by atoms with Crippen molar-refractivity contribution in [2.24, 2.45) is 0 Å². The van der Waals surface area contributed by atoms with Crippen LogP contribution in [0.1, 0.15) is 25.7 Å². The second kappa shape index (κ2) is 8.53. The van der Waals surface area contributed by atoms with Crippen molar-refractivity contribution in [2.45, 2.75) is 37.8 Å². The number of carbonyl (C=O) groups is 2. The Hall–Kier alpha value is -3.16. The molecule has 0 spiro atoms. The molecule has 0 bridgehead atoms. The summed E-state index contributed by atoms with van der Waals surface area (Å²) < 4.78 is 5.99. The molecule has 2 aliphatic heterocycles. The van der Waals surface area contributed by atoms with Gasteiger partial charge in [0.25, 0.3) is 0 Å². The van der Waals surface area contributed by atoms with E-state index in [4.69, 9.17) is 4.42 Å². The molecule has 5 rings (SSSR count). The molecule has 2 atom stereocenters. The Morgan fingerprint density at radius 2 is 1.42 bits per heavy atom.